The summed E-state index contributed by atoms with van der Waals surface area (Å²) in [6.45, 7) is 3.67. The second-order valence-electron chi connectivity index (χ2n) is 3.61. The van der Waals surface area contributed by atoms with Crippen molar-refractivity contribution in [3.63, 3.8) is 0 Å². The molecule has 0 saturated carbocycles. The first-order chi connectivity index (χ1) is 7.26. The Morgan fingerprint density at radius 1 is 1.33 bits per heavy atom. The minimum atomic E-state index is 0.308. The maximum Gasteiger partial charge on any atom is 0.115 e. The van der Waals surface area contributed by atoms with Gasteiger partial charge in [0.15, 0.2) is 0 Å². The molecule has 84 valence electrons. The summed E-state index contributed by atoms with van der Waals surface area (Å²) in [5.74, 6) is 0.308. The molecule has 0 heterocycles. The third kappa shape index (κ3) is 4.32. The lowest BCUT2D eigenvalue weighted by atomic mass is 10.2. The molecule has 0 spiro atoms. The number of hydrogen-bond donors (Lipinski definition) is 2. The number of aromatic hydroxyl groups is 1. The standard InChI is InChI=1S/C12H19NO2/c1-3-11(9-15-2)13-8-10-4-6-12(14)7-5-10/h4-7,11,13-14H,3,8-9H2,1-2H3. The molecule has 0 bridgehead atoms. The van der Waals surface area contributed by atoms with Crippen molar-refractivity contribution in [2.45, 2.75) is 25.9 Å². The van der Waals surface area contributed by atoms with E-state index in [1.165, 1.54) is 5.56 Å². The summed E-state index contributed by atoms with van der Waals surface area (Å²) in [4.78, 5) is 0. The van der Waals surface area contributed by atoms with Gasteiger partial charge in [-0.15, -0.1) is 0 Å². The van der Waals surface area contributed by atoms with Crippen molar-refractivity contribution in [3.8, 4) is 5.75 Å². The first-order valence-electron chi connectivity index (χ1n) is 5.26. The summed E-state index contributed by atoms with van der Waals surface area (Å²) < 4.78 is 5.10. The highest BCUT2D eigenvalue weighted by molar-refractivity contribution is 5.25. The van der Waals surface area contributed by atoms with Gasteiger partial charge in [-0.3, -0.25) is 0 Å². The Kier molecular flexibility index (Phi) is 5.15. The summed E-state index contributed by atoms with van der Waals surface area (Å²) in [5.41, 5.74) is 1.17. The van der Waals surface area contributed by atoms with Crippen molar-refractivity contribution in [1.29, 1.82) is 0 Å². The maximum atomic E-state index is 9.12. The van der Waals surface area contributed by atoms with Crippen LogP contribution in [-0.2, 0) is 11.3 Å². The fraction of sp³-hybridized carbons (Fsp3) is 0.500. The first kappa shape index (κ1) is 12.0. The third-order valence-electron chi connectivity index (χ3n) is 2.39. The molecular formula is C12H19NO2. The molecule has 1 unspecified atom stereocenters. The summed E-state index contributed by atoms with van der Waals surface area (Å²) in [5, 5.41) is 12.5. The van der Waals surface area contributed by atoms with Crippen LogP contribution in [0, 0.1) is 0 Å². The second-order valence-corrected chi connectivity index (χ2v) is 3.61. The van der Waals surface area contributed by atoms with Crippen LogP contribution in [0.15, 0.2) is 24.3 Å². The minimum absolute atomic E-state index is 0.308. The lowest BCUT2D eigenvalue weighted by molar-refractivity contribution is 0.164. The van der Waals surface area contributed by atoms with Crippen LogP contribution >= 0.6 is 0 Å². The summed E-state index contributed by atoms with van der Waals surface area (Å²) in [6.07, 6.45) is 1.05. The minimum Gasteiger partial charge on any atom is -0.508 e. The number of hydrogen-bond acceptors (Lipinski definition) is 3. The van der Waals surface area contributed by atoms with Crippen LogP contribution in [0.5, 0.6) is 5.75 Å². The zero-order valence-electron chi connectivity index (χ0n) is 9.36. The van der Waals surface area contributed by atoms with Crippen molar-refractivity contribution in [2.24, 2.45) is 0 Å². The van der Waals surface area contributed by atoms with Gasteiger partial charge in [0.25, 0.3) is 0 Å². The van der Waals surface area contributed by atoms with Gasteiger partial charge in [-0.1, -0.05) is 19.1 Å². The molecule has 0 aliphatic heterocycles. The van der Waals surface area contributed by atoms with E-state index in [0.717, 1.165) is 19.6 Å². The summed E-state index contributed by atoms with van der Waals surface area (Å²) in [6, 6.07) is 7.63. The van der Waals surface area contributed by atoms with Crippen molar-refractivity contribution >= 4 is 0 Å². The van der Waals surface area contributed by atoms with Crippen LogP contribution in [0.25, 0.3) is 0 Å². The Balaban J connectivity index is 2.38. The Labute approximate surface area is 91.1 Å². The quantitative estimate of drug-likeness (QED) is 0.752. The van der Waals surface area contributed by atoms with Gasteiger partial charge in [0.1, 0.15) is 5.75 Å². The van der Waals surface area contributed by atoms with E-state index in [1.54, 1.807) is 19.2 Å². The van der Waals surface area contributed by atoms with E-state index >= 15 is 0 Å². The highest BCUT2D eigenvalue weighted by Gasteiger charge is 2.04. The molecular weight excluding hydrogens is 190 g/mol. The molecule has 0 aliphatic carbocycles. The fourth-order valence-electron chi connectivity index (χ4n) is 1.40. The molecule has 3 heteroatoms. The molecule has 1 aromatic carbocycles. The summed E-state index contributed by atoms with van der Waals surface area (Å²) in [7, 11) is 1.71. The van der Waals surface area contributed by atoms with Crippen LogP contribution in [0.4, 0.5) is 0 Å². The predicted octanol–water partition coefficient (Wildman–Crippen LogP) is 1.91. The monoisotopic (exact) mass is 209 g/mol. The SMILES string of the molecule is CCC(COC)NCc1ccc(O)cc1. The van der Waals surface area contributed by atoms with Crippen molar-refractivity contribution in [2.75, 3.05) is 13.7 Å². The predicted molar refractivity (Wildman–Crippen MR) is 60.9 cm³/mol. The van der Waals surface area contributed by atoms with E-state index in [0.29, 0.717) is 11.8 Å². The van der Waals surface area contributed by atoms with Crippen molar-refractivity contribution in [1.82, 2.24) is 5.32 Å². The lowest BCUT2D eigenvalue weighted by Gasteiger charge is -2.15. The molecule has 0 amide bonds. The Morgan fingerprint density at radius 2 is 2.00 bits per heavy atom. The van der Waals surface area contributed by atoms with Crippen molar-refractivity contribution in [3.05, 3.63) is 29.8 Å². The molecule has 2 N–H and O–H groups in total. The van der Waals surface area contributed by atoms with E-state index in [4.69, 9.17) is 9.84 Å². The zero-order valence-corrected chi connectivity index (χ0v) is 9.36. The number of rotatable bonds is 6. The fourth-order valence-corrected chi connectivity index (χ4v) is 1.40. The topological polar surface area (TPSA) is 41.5 Å². The van der Waals surface area contributed by atoms with Crippen molar-refractivity contribution < 1.29 is 9.84 Å². The van der Waals surface area contributed by atoms with Gasteiger partial charge in [-0.25, -0.2) is 0 Å². The molecule has 3 nitrogen and oxygen atoms in total. The molecule has 0 fully saturated rings. The number of benzene rings is 1. The number of phenols is 1. The van der Waals surface area contributed by atoms with Gasteiger partial charge >= 0.3 is 0 Å². The van der Waals surface area contributed by atoms with E-state index in [1.807, 2.05) is 12.1 Å². The Hall–Kier alpha value is -1.06. The third-order valence-corrected chi connectivity index (χ3v) is 2.39. The van der Waals surface area contributed by atoms with Crippen LogP contribution in [0.1, 0.15) is 18.9 Å². The van der Waals surface area contributed by atoms with Gasteiger partial charge in [0.2, 0.25) is 0 Å². The average Bonchev–Trinajstić information content (AvgIpc) is 2.26. The molecule has 0 saturated heterocycles. The number of methoxy groups -OCH3 is 1. The van der Waals surface area contributed by atoms with Gasteiger partial charge in [0, 0.05) is 19.7 Å². The molecule has 0 aromatic heterocycles. The number of phenolic OH excluding ortho intramolecular Hbond substituents is 1. The molecule has 1 atom stereocenters. The highest BCUT2D eigenvalue weighted by atomic mass is 16.5. The van der Waals surface area contributed by atoms with Crippen LogP contribution in [-0.4, -0.2) is 24.9 Å². The average molecular weight is 209 g/mol. The van der Waals surface area contributed by atoms with E-state index in [2.05, 4.69) is 12.2 Å². The van der Waals surface area contributed by atoms with Gasteiger partial charge < -0.3 is 15.2 Å². The smallest absolute Gasteiger partial charge is 0.115 e. The molecule has 1 rings (SSSR count). The number of ether oxygens (including phenoxy) is 1. The van der Waals surface area contributed by atoms with E-state index in [9.17, 15) is 0 Å². The Bertz CT molecular complexity index is 271. The van der Waals surface area contributed by atoms with Gasteiger partial charge in [0.05, 0.1) is 6.61 Å². The number of nitrogens with one attached hydrogen (secondary N) is 1. The highest BCUT2D eigenvalue weighted by Crippen LogP contribution is 2.09. The zero-order chi connectivity index (χ0) is 11.1. The Morgan fingerprint density at radius 3 is 2.53 bits per heavy atom. The molecule has 0 aliphatic rings. The van der Waals surface area contributed by atoms with E-state index < -0.39 is 0 Å². The largest absolute Gasteiger partial charge is 0.508 e. The lowest BCUT2D eigenvalue weighted by Crippen LogP contribution is -2.31. The van der Waals surface area contributed by atoms with Crippen LogP contribution < -0.4 is 5.32 Å². The van der Waals surface area contributed by atoms with E-state index in [-0.39, 0.29) is 0 Å². The second kappa shape index (κ2) is 6.43. The molecule has 1 aromatic rings. The molecule has 0 radical (unpaired) electrons. The van der Waals surface area contributed by atoms with Crippen LogP contribution in [0.2, 0.25) is 0 Å². The normalized spacial score (nSPS) is 12.7. The van der Waals surface area contributed by atoms with Gasteiger partial charge in [-0.05, 0) is 24.1 Å². The maximum absolute atomic E-state index is 9.12. The van der Waals surface area contributed by atoms with Crippen LogP contribution in [0.3, 0.4) is 0 Å². The molecule has 15 heavy (non-hydrogen) atoms. The summed E-state index contributed by atoms with van der Waals surface area (Å²) >= 11 is 0. The van der Waals surface area contributed by atoms with Gasteiger partial charge in [-0.2, -0.15) is 0 Å². The first-order valence-corrected chi connectivity index (χ1v) is 5.26.